The van der Waals surface area contributed by atoms with Gasteiger partial charge >= 0.3 is 0 Å². The Kier molecular flexibility index (Phi) is 6.11. The van der Waals surface area contributed by atoms with Gasteiger partial charge in [-0.1, -0.05) is 72.8 Å². The molecule has 4 heterocycles. The van der Waals surface area contributed by atoms with Gasteiger partial charge in [0.05, 0.1) is 22.8 Å². The van der Waals surface area contributed by atoms with E-state index in [1.165, 1.54) is 21.9 Å². The van der Waals surface area contributed by atoms with Crippen molar-refractivity contribution in [3.63, 3.8) is 0 Å². The van der Waals surface area contributed by atoms with Gasteiger partial charge in [0, 0.05) is 30.4 Å². The van der Waals surface area contributed by atoms with Crippen LogP contribution in [0.15, 0.2) is 146 Å². The van der Waals surface area contributed by atoms with Crippen molar-refractivity contribution >= 4 is 10.8 Å². The fourth-order valence-electron chi connectivity index (χ4n) is 5.18. The highest BCUT2D eigenvalue weighted by Crippen LogP contribution is 2.38. The maximum Gasteiger partial charge on any atom is 0.0900 e. The molecule has 7 aromatic rings. The van der Waals surface area contributed by atoms with E-state index in [4.69, 9.17) is 4.98 Å². The van der Waals surface area contributed by atoms with Crippen molar-refractivity contribution in [1.82, 2.24) is 19.9 Å². The predicted octanol–water partition coefficient (Wildman–Crippen LogP) is 8.75. The number of hydrogen-bond donors (Lipinski definition) is 0. The predicted molar refractivity (Wildman–Crippen MR) is 162 cm³/mol. The van der Waals surface area contributed by atoms with Crippen LogP contribution in [0.2, 0.25) is 0 Å². The molecule has 0 unspecified atom stereocenters. The Bertz CT molecular complexity index is 1880. The van der Waals surface area contributed by atoms with Gasteiger partial charge in [-0.25, -0.2) is 4.98 Å². The molecule has 0 atom stereocenters. The summed E-state index contributed by atoms with van der Waals surface area (Å²) in [5.74, 6) is 0. The monoisotopic (exact) mass is 512 g/mol. The van der Waals surface area contributed by atoms with Crippen molar-refractivity contribution in [3.8, 4) is 56.2 Å². The number of rotatable bonds is 5. The van der Waals surface area contributed by atoms with E-state index in [1.807, 2.05) is 48.7 Å². The zero-order valence-electron chi connectivity index (χ0n) is 21.6. The van der Waals surface area contributed by atoms with E-state index in [-0.39, 0.29) is 0 Å². The Morgan fingerprint density at radius 2 is 0.975 bits per heavy atom. The van der Waals surface area contributed by atoms with E-state index >= 15 is 0 Å². The number of hydrogen-bond acceptors (Lipinski definition) is 4. The molecule has 0 aliphatic carbocycles. The first kappa shape index (κ1) is 23.6. The largest absolute Gasteiger partial charge is 0.264 e. The highest BCUT2D eigenvalue weighted by atomic mass is 14.8. The number of fused-ring (bicyclic) bond motifs is 1. The summed E-state index contributed by atoms with van der Waals surface area (Å²) in [4.78, 5) is 18.4. The van der Waals surface area contributed by atoms with Gasteiger partial charge in [0.15, 0.2) is 0 Å². The molecule has 0 spiro atoms. The Balaban J connectivity index is 1.41. The van der Waals surface area contributed by atoms with Crippen molar-refractivity contribution in [2.75, 3.05) is 0 Å². The SMILES string of the molecule is c1ccc(-c2cc(-c3ccc(-c4cccc(-c5cccnc5)c4)c4ccccc34)cc(-c3ccccn3)n2)nc1. The maximum atomic E-state index is 4.95. The molecule has 0 N–H and O–H groups in total. The summed E-state index contributed by atoms with van der Waals surface area (Å²) in [6, 6.07) is 41.8. The third-order valence-corrected chi connectivity index (χ3v) is 7.08. The van der Waals surface area contributed by atoms with Gasteiger partial charge in [0.2, 0.25) is 0 Å². The molecule has 0 aliphatic heterocycles. The molecule has 0 bridgehead atoms. The first-order valence-corrected chi connectivity index (χ1v) is 13.2. The molecule has 0 saturated carbocycles. The van der Waals surface area contributed by atoms with Crippen LogP contribution >= 0.6 is 0 Å². The average Bonchev–Trinajstić information content (AvgIpc) is 3.05. The van der Waals surface area contributed by atoms with Gasteiger partial charge < -0.3 is 0 Å². The van der Waals surface area contributed by atoms with Gasteiger partial charge in [0.1, 0.15) is 0 Å². The zero-order valence-corrected chi connectivity index (χ0v) is 21.6. The van der Waals surface area contributed by atoms with E-state index in [2.05, 4.69) is 93.8 Å². The van der Waals surface area contributed by atoms with Crippen LogP contribution < -0.4 is 0 Å². The zero-order chi connectivity index (χ0) is 26.7. The lowest BCUT2D eigenvalue weighted by Gasteiger charge is -2.15. The standard InChI is InChI=1S/C36H24N4/c1-2-13-32-30(17-16-29(31(32)12-1)26-10-7-9-25(21-26)27-11-8-18-37-24-27)28-22-35(33-14-3-5-19-38-33)40-36(23-28)34-15-4-6-20-39-34/h1-24H. The fourth-order valence-corrected chi connectivity index (χ4v) is 5.18. The second kappa shape index (κ2) is 10.4. The molecule has 0 saturated heterocycles. The third kappa shape index (κ3) is 4.52. The van der Waals surface area contributed by atoms with Crippen molar-refractivity contribution < 1.29 is 0 Å². The summed E-state index contributed by atoms with van der Waals surface area (Å²) in [6.07, 6.45) is 7.31. The second-order valence-electron chi connectivity index (χ2n) is 9.59. The number of nitrogens with zero attached hydrogens (tertiary/aromatic N) is 4. The van der Waals surface area contributed by atoms with E-state index in [9.17, 15) is 0 Å². The van der Waals surface area contributed by atoms with Crippen molar-refractivity contribution in [1.29, 1.82) is 0 Å². The number of pyridine rings is 4. The minimum Gasteiger partial charge on any atom is -0.264 e. The topological polar surface area (TPSA) is 51.6 Å². The normalized spacial score (nSPS) is 11.0. The van der Waals surface area contributed by atoms with Gasteiger partial charge in [-0.3, -0.25) is 15.0 Å². The molecule has 4 heteroatoms. The summed E-state index contributed by atoms with van der Waals surface area (Å²) >= 11 is 0. The molecular weight excluding hydrogens is 488 g/mol. The van der Waals surface area contributed by atoms with Gasteiger partial charge in [-0.15, -0.1) is 0 Å². The molecule has 40 heavy (non-hydrogen) atoms. The lowest BCUT2D eigenvalue weighted by Crippen LogP contribution is -1.94. The van der Waals surface area contributed by atoms with E-state index < -0.39 is 0 Å². The average molecular weight is 513 g/mol. The van der Waals surface area contributed by atoms with Crippen LogP contribution in [0, 0.1) is 0 Å². The van der Waals surface area contributed by atoms with Crippen LogP contribution in [-0.2, 0) is 0 Å². The summed E-state index contributed by atoms with van der Waals surface area (Å²) in [5, 5.41) is 2.37. The quantitative estimate of drug-likeness (QED) is 0.231. The second-order valence-corrected chi connectivity index (χ2v) is 9.59. The third-order valence-electron chi connectivity index (χ3n) is 7.08. The Morgan fingerprint density at radius 3 is 1.57 bits per heavy atom. The fraction of sp³-hybridized carbons (Fsp3) is 0. The van der Waals surface area contributed by atoms with E-state index in [1.54, 1.807) is 18.6 Å². The molecule has 0 aliphatic rings. The van der Waals surface area contributed by atoms with Crippen molar-refractivity contribution in [3.05, 3.63) is 146 Å². The van der Waals surface area contributed by atoms with Crippen molar-refractivity contribution in [2.24, 2.45) is 0 Å². The summed E-state index contributed by atoms with van der Waals surface area (Å²) in [7, 11) is 0. The highest BCUT2D eigenvalue weighted by Gasteiger charge is 2.14. The van der Waals surface area contributed by atoms with Crippen LogP contribution in [0.4, 0.5) is 0 Å². The Labute approximate surface area is 232 Å². The van der Waals surface area contributed by atoms with Crippen LogP contribution in [0.5, 0.6) is 0 Å². The smallest absolute Gasteiger partial charge is 0.0900 e. The molecule has 7 rings (SSSR count). The Hall–Kier alpha value is -5.48. The number of benzene rings is 3. The minimum absolute atomic E-state index is 0.816. The lowest BCUT2D eigenvalue weighted by atomic mass is 9.90. The molecular formula is C36H24N4. The van der Waals surface area contributed by atoms with Crippen LogP contribution in [0.1, 0.15) is 0 Å². The van der Waals surface area contributed by atoms with Crippen molar-refractivity contribution in [2.45, 2.75) is 0 Å². The van der Waals surface area contributed by atoms with Crippen LogP contribution in [-0.4, -0.2) is 19.9 Å². The molecule has 4 aromatic heterocycles. The maximum absolute atomic E-state index is 4.95. The summed E-state index contributed by atoms with van der Waals surface area (Å²) in [6.45, 7) is 0. The number of aromatic nitrogens is 4. The summed E-state index contributed by atoms with van der Waals surface area (Å²) < 4.78 is 0. The van der Waals surface area contributed by atoms with Crippen LogP contribution in [0.3, 0.4) is 0 Å². The molecule has 0 amide bonds. The molecule has 4 nitrogen and oxygen atoms in total. The molecule has 188 valence electrons. The summed E-state index contributed by atoms with van der Waals surface area (Å²) in [5.41, 5.74) is 10.1. The molecule has 0 radical (unpaired) electrons. The first-order valence-electron chi connectivity index (χ1n) is 13.2. The van der Waals surface area contributed by atoms with Crippen LogP contribution in [0.25, 0.3) is 66.9 Å². The lowest BCUT2D eigenvalue weighted by molar-refractivity contribution is 1.22. The van der Waals surface area contributed by atoms with Gasteiger partial charge in [0.25, 0.3) is 0 Å². The molecule has 0 fully saturated rings. The van der Waals surface area contributed by atoms with Gasteiger partial charge in [-0.05, 0) is 87.1 Å². The van der Waals surface area contributed by atoms with Gasteiger partial charge in [-0.2, -0.15) is 0 Å². The minimum atomic E-state index is 0.816. The first-order chi connectivity index (χ1) is 19.8. The van der Waals surface area contributed by atoms with E-state index in [0.29, 0.717) is 0 Å². The highest BCUT2D eigenvalue weighted by molar-refractivity contribution is 6.05. The van der Waals surface area contributed by atoms with E-state index in [0.717, 1.165) is 45.0 Å². The molecule has 3 aromatic carbocycles. The Morgan fingerprint density at radius 1 is 0.375 bits per heavy atom.